The summed E-state index contributed by atoms with van der Waals surface area (Å²) in [5.41, 5.74) is 0.767. The molecule has 1 fully saturated rings. The van der Waals surface area contributed by atoms with E-state index in [9.17, 15) is 13.2 Å². The number of primary sulfonamides is 1. The van der Waals surface area contributed by atoms with Crippen molar-refractivity contribution in [3.63, 3.8) is 0 Å². The number of esters is 1. The van der Waals surface area contributed by atoms with Gasteiger partial charge in [0.1, 0.15) is 6.10 Å². The number of halogens is 1. The van der Waals surface area contributed by atoms with Crippen molar-refractivity contribution in [2.24, 2.45) is 5.14 Å². The van der Waals surface area contributed by atoms with Crippen LogP contribution in [0.2, 0.25) is 0 Å². The number of carbonyl (C=O) groups excluding carboxylic acids is 1. The van der Waals surface area contributed by atoms with E-state index in [2.05, 4.69) is 15.9 Å². The minimum Gasteiger partial charge on any atom is -0.454 e. The minimum absolute atomic E-state index is 0.137. The van der Waals surface area contributed by atoms with E-state index in [0.717, 1.165) is 0 Å². The Morgan fingerprint density at radius 1 is 1.47 bits per heavy atom. The summed E-state index contributed by atoms with van der Waals surface area (Å²) in [7, 11) is -3.88. The van der Waals surface area contributed by atoms with Crippen LogP contribution in [0.3, 0.4) is 0 Å². The van der Waals surface area contributed by atoms with Gasteiger partial charge in [-0.1, -0.05) is 15.9 Å². The van der Waals surface area contributed by atoms with Crippen LogP contribution in [0.25, 0.3) is 0 Å². The normalized spacial score (nSPS) is 15.9. The maximum atomic E-state index is 12.0. The van der Waals surface area contributed by atoms with Gasteiger partial charge in [-0.05, 0) is 24.6 Å². The molecule has 0 spiro atoms. The molecule has 8 heteroatoms. The Hall–Kier alpha value is -0.960. The van der Waals surface area contributed by atoms with E-state index in [1.54, 1.807) is 6.92 Å². The Balaban J connectivity index is 2.37. The van der Waals surface area contributed by atoms with Gasteiger partial charge in [0.2, 0.25) is 10.0 Å². The molecule has 0 unspecified atom stereocenters. The van der Waals surface area contributed by atoms with Gasteiger partial charge in [-0.15, -0.1) is 0 Å². The van der Waals surface area contributed by atoms with Crippen molar-refractivity contribution >= 4 is 31.9 Å². The first-order chi connectivity index (χ1) is 8.79. The first-order valence-corrected chi connectivity index (χ1v) is 7.74. The van der Waals surface area contributed by atoms with E-state index in [1.165, 1.54) is 12.1 Å². The van der Waals surface area contributed by atoms with E-state index in [1.807, 2.05) is 0 Å². The highest BCUT2D eigenvalue weighted by atomic mass is 79.9. The van der Waals surface area contributed by atoms with Crippen LogP contribution in [0.15, 0.2) is 21.5 Å². The van der Waals surface area contributed by atoms with Crippen molar-refractivity contribution in [1.29, 1.82) is 0 Å². The van der Waals surface area contributed by atoms with Crippen LogP contribution in [0, 0.1) is 6.92 Å². The molecule has 1 aromatic rings. The topological polar surface area (TPSA) is 95.7 Å². The average Bonchev–Trinajstić information content (AvgIpc) is 2.25. The summed E-state index contributed by atoms with van der Waals surface area (Å²) in [4.78, 5) is 11.8. The third kappa shape index (κ3) is 3.14. The predicted molar refractivity (Wildman–Crippen MR) is 70.3 cm³/mol. The van der Waals surface area contributed by atoms with Crippen molar-refractivity contribution < 1.29 is 22.7 Å². The summed E-state index contributed by atoms with van der Waals surface area (Å²) in [6.45, 7) is 2.41. The van der Waals surface area contributed by atoms with Crippen LogP contribution in [0.5, 0.6) is 0 Å². The summed E-state index contributed by atoms with van der Waals surface area (Å²) in [5, 5.41) is 5.06. The number of nitrogens with two attached hydrogens (primary N) is 1. The largest absolute Gasteiger partial charge is 0.454 e. The quantitative estimate of drug-likeness (QED) is 0.820. The standard InChI is InChI=1S/C11H12BrNO5S/c1-6-9(11(14)18-7-4-17-5-7)2-8(3-10(6)12)19(13,15)16/h2-3,7H,4-5H2,1H3,(H2,13,15,16). The van der Waals surface area contributed by atoms with Gasteiger partial charge in [-0.2, -0.15) is 0 Å². The lowest BCUT2D eigenvalue weighted by atomic mass is 10.1. The van der Waals surface area contributed by atoms with Crippen LogP contribution in [0.1, 0.15) is 15.9 Å². The zero-order chi connectivity index (χ0) is 14.2. The Kier molecular flexibility index (Phi) is 3.95. The van der Waals surface area contributed by atoms with Gasteiger partial charge >= 0.3 is 5.97 Å². The molecule has 1 aromatic carbocycles. The Morgan fingerprint density at radius 3 is 2.58 bits per heavy atom. The number of carbonyl (C=O) groups is 1. The molecule has 1 heterocycles. The van der Waals surface area contributed by atoms with Crippen LogP contribution in [-0.2, 0) is 19.5 Å². The Bertz CT molecular complexity index is 624. The highest BCUT2D eigenvalue weighted by Crippen LogP contribution is 2.25. The number of sulfonamides is 1. The molecular formula is C11H12BrNO5S. The van der Waals surface area contributed by atoms with Gasteiger partial charge < -0.3 is 9.47 Å². The fourth-order valence-electron chi connectivity index (χ4n) is 1.53. The van der Waals surface area contributed by atoms with Gasteiger partial charge in [0, 0.05) is 4.47 Å². The van der Waals surface area contributed by atoms with Crippen molar-refractivity contribution in [3.05, 3.63) is 27.7 Å². The van der Waals surface area contributed by atoms with Crippen LogP contribution >= 0.6 is 15.9 Å². The molecule has 6 nitrogen and oxygen atoms in total. The molecule has 0 radical (unpaired) electrons. The number of hydrogen-bond donors (Lipinski definition) is 1. The fourth-order valence-corrected chi connectivity index (χ4v) is 2.70. The molecule has 0 aliphatic carbocycles. The third-order valence-corrected chi connectivity index (χ3v) is 4.46. The van der Waals surface area contributed by atoms with Crippen LogP contribution in [0.4, 0.5) is 0 Å². The zero-order valence-corrected chi connectivity index (χ0v) is 12.5. The molecule has 0 bridgehead atoms. The summed E-state index contributed by atoms with van der Waals surface area (Å²) in [5.74, 6) is -0.586. The van der Waals surface area contributed by atoms with Gasteiger partial charge in [0.05, 0.1) is 23.7 Å². The van der Waals surface area contributed by atoms with Crippen molar-refractivity contribution in [1.82, 2.24) is 0 Å². The molecule has 1 aliphatic rings. The molecular weight excluding hydrogens is 338 g/mol. The molecule has 1 aliphatic heterocycles. The molecule has 0 amide bonds. The number of hydrogen-bond acceptors (Lipinski definition) is 5. The Morgan fingerprint density at radius 2 is 2.11 bits per heavy atom. The SMILES string of the molecule is Cc1c(Br)cc(S(N)(=O)=O)cc1C(=O)OC1COC1. The van der Waals surface area contributed by atoms with E-state index >= 15 is 0 Å². The first-order valence-electron chi connectivity index (χ1n) is 5.40. The highest BCUT2D eigenvalue weighted by Gasteiger charge is 2.25. The summed E-state index contributed by atoms with van der Waals surface area (Å²) in [6, 6.07) is 2.57. The zero-order valence-electron chi connectivity index (χ0n) is 10.1. The molecule has 0 atom stereocenters. The minimum atomic E-state index is -3.88. The second-order valence-corrected chi connectivity index (χ2v) is 6.60. The summed E-state index contributed by atoms with van der Waals surface area (Å²) in [6.07, 6.45) is -0.274. The second kappa shape index (κ2) is 5.20. The van der Waals surface area contributed by atoms with Crippen LogP contribution in [-0.4, -0.2) is 33.7 Å². The molecule has 2 rings (SSSR count). The van der Waals surface area contributed by atoms with Crippen molar-refractivity contribution in [3.8, 4) is 0 Å². The lowest BCUT2D eigenvalue weighted by Crippen LogP contribution is -2.38. The Labute approximate surface area is 119 Å². The summed E-state index contributed by atoms with van der Waals surface area (Å²) >= 11 is 3.20. The first kappa shape index (κ1) is 14.4. The van der Waals surface area contributed by atoms with Gasteiger partial charge in [0.25, 0.3) is 0 Å². The van der Waals surface area contributed by atoms with E-state index in [-0.39, 0.29) is 16.6 Å². The smallest absolute Gasteiger partial charge is 0.338 e. The molecule has 0 saturated carbocycles. The third-order valence-electron chi connectivity index (χ3n) is 2.75. The van der Waals surface area contributed by atoms with E-state index in [0.29, 0.717) is 23.2 Å². The van der Waals surface area contributed by atoms with Gasteiger partial charge in [-0.3, -0.25) is 0 Å². The van der Waals surface area contributed by atoms with Crippen molar-refractivity contribution in [2.75, 3.05) is 13.2 Å². The maximum absolute atomic E-state index is 12.0. The number of rotatable bonds is 3. The average molecular weight is 350 g/mol. The fraction of sp³-hybridized carbons (Fsp3) is 0.364. The highest BCUT2D eigenvalue weighted by molar-refractivity contribution is 9.10. The predicted octanol–water partition coefficient (Wildman–Crippen LogP) is 0.961. The van der Waals surface area contributed by atoms with Gasteiger partial charge in [-0.25, -0.2) is 18.4 Å². The lowest BCUT2D eigenvalue weighted by molar-refractivity contribution is -0.103. The number of ether oxygens (including phenoxy) is 2. The number of benzene rings is 1. The maximum Gasteiger partial charge on any atom is 0.338 e. The molecule has 2 N–H and O–H groups in total. The molecule has 0 aromatic heterocycles. The van der Waals surface area contributed by atoms with Gasteiger partial charge in [0.15, 0.2) is 0 Å². The summed E-state index contributed by atoms with van der Waals surface area (Å²) < 4.78 is 33.2. The van der Waals surface area contributed by atoms with E-state index < -0.39 is 16.0 Å². The van der Waals surface area contributed by atoms with E-state index in [4.69, 9.17) is 14.6 Å². The van der Waals surface area contributed by atoms with Crippen molar-refractivity contribution in [2.45, 2.75) is 17.9 Å². The van der Waals surface area contributed by atoms with Crippen LogP contribution < -0.4 is 5.14 Å². The molecule has 1 saturated heterocycles. The molecule has 104 valence electrons. The monoisotopic (exact) mass is 349 g/mol. The molecule has 19 heavy (non-hydrogen) atoms. The second-order valence-electron chi connectivity index (χ2n) is 4.19. The lowest BCUT2D eigenvalue weighted by Gasteiger charge is -2.26.